The third kappa shape index (κ3) is 2.29. The van der Waals surface area contributed by atoms with Gasteiger partial charge in [0.05, 0.1) is 7.11 Å². The van der Waals surface area contributed by atoms with E-state index in [-0.39, 0.29) is 5.48 Å². The van der Waals surface area contributed by atoms with Crippen molar-refractivity contribution in [3.63, 3.8) is 0 Å². The van der Waals surface area contributed by atoms with E-state index in [2.05, 4.69) is 12.6 Å². The number of benzene rings is 1. The quantitative estimate of drug-likeness (QED) is 0.612. The zero-order valence-electron chi connectivity index (χ0n) is 5.66. The van der Waals surface area contributed by atoms with Crippen LogP contribution < -0.4 is 4.74 Å². The predicted octanol–water partition coefficient (Wildman–Crippen LogP) is 1.16. The van der Waals surface area contributed by atoms with Crippen LogP contribution in [-0.2, 0) is 0 Å². The second-order valence-electron chi connectivity index (χ2n) is 1.70. The van der Waals surface area contributed by atoms with E-state index in [1.807, 2.05) is 24.3 Å². The minimum Gasteiger partial charge on any atom is -0.497 e. The van der Waals surface area contributed by atoms with Gasteiger partial charge in [-0.15, -0.1) is 12.6 Å². The monoisotopic (exact) mass is 158 g/mol. The van der Waals surface area contributed by atoms with Gasteiger partial charge in [0, 0.05) is 4.90 Å². The lowest BCUT2D eigenvalue weighted by Crippen LogP contribution is -1.80. The summed E-state index contributed by atoms with van der Waals surface area (Å²) in [6.07, 6.45) is 0. The second-order valence-corrected chi connectivity index (χ2v) is 2.22. The maximum Gasteiger partial charge on any atom is 0.119 e. The van der Waals surface area contributed by atoms with Crippen LogP contribution in [0.4, 0.5) is 0 Å². The summed E-state index contributed by atoms with van der Waals surface area (Å²) in [5, 5.41) is 0. The van der Waals surface area contributed by atoms with Crippen molar-refractivity contribution in [1.82, 2.24) is 0 Å². The molecule has 0 atom stereocenters. The van der Waals surface area contributed by atoms with Crippen LogP contribution >= 0.6 is 12.6 Å². The smallest absolute Gasteiger partial charge is 0.119 e. The Morgan fingerprint density at radius 1 is 1.40 bits per heavy atom. The first-order valence-corrected chi connectivity index (χ1v) is 3.10. The second kappa shape index (κ2) is 4.19. The molecule has 1 aromatic carbocycles. The summed E-state index contributed by atoms with van der Waals surface area (Å²) >= 11 is 4.13. The molecule has 2 N–H and O–H groups in total. The van der Waals surface area contributed by atoms with Crippen molar-refractivity contribution in [2.24, 2.45) is 0 Å². The fourth-order valence-electron chi connectivity index (χ4n) is 0.610. The minimum absolute atomic E-state index is 0. The maximum absolute atomic E-state index is 4.95. The largest absolute Gasteiger partial charge is 0.497 e. The van der Waals surface area contributed by atoms with Crippen LogP contribution in [0, 0.1) is 0 Å². The van der Waals surface area contributed by atoms with Gasteiger partial charge in [-0.2, -0.15) is 0 Å². The highest BCUT2D eigenvalue weighted by molar-refractivity contribution is 7.80. The van der Waals surface area contributed by atoms with Crippen molar-refractivity contribution < 1.29 is 10.2 Å². The van der Waals surface area contributed by atoms with Crippen LogP contribution in [0.15, 0.2) is 29.2 Å². The molecule has 0 unspecified atom stereocenters. The molecule has 56 valence electrons. The van der Waals surface area contributed by atoms with E-state index < -0.39 is 0 Å². The highest BCUT2D eigenvalue weighted by atomic mass is 32.1. The number of hydrogen-bond acceptors (Lipinski definition) is 2. The van der Waals surface area contributed by atoms with E-state index in [1.54, 1.807) is 7.11 Å². The summed E-state index contributed by atoms with van der Waals surface area (Å²) in [7, 11) is 1.64. The molecule has 0 aliphatic carbocycles. The molecule has 0 aromatic heterocycles. The van der Waals surface area contributed by atoms with E-state index in [4.69, 9.17) is 4.74 Å². The Balaban J connectivity index is 0.000000810. The molecule has 0 spiro atoms. The molecular weight excluding hydrogens is 148 g/mol. The molecule has 0 amide bonds. The summed E-state index contributed by atoms with van der Waals surface area (Å²) in [6, 6.07) is 7.57. The summed E-state index contributed by atoms with van der Waals surface area (Å²) in [6.45, 7) is 0. The fourth-order valence-corrected chi connectivity index (χ4v) is 0.824. The van der Waals surface area contributed by atoms with Crippen molar-refractivity contribution in [1.29, 1.82) is 0 Å². The Morgan fingerprint density at radius 3 is 2.50 bits per heavy atom. The average Bonchev–Trinajstić information content (AvgIpc) is 1.88. The van der Waals surface area contributed by atoms with Gasteiger partial charge in [0.1, 0.15) is 5.75 Å². The number of thiol groups is 1. The first-order valence-electron chi connectivity index (χ1n) is 2.66. The van der Waals surface area contributed by atoms with Gasteiger partial charge in [0.2, 0.25) is 0 Å². The van der Waals surface area contributed by atoms with Gasteiger partial charge in [-0.25, -0.2) is 0 Å². The lowest BCUT2D eigenvalue weighted by Gasteiger charge is -1.97. The van der Waals surface area contributed by atoms with Gasteiger partial charge in [0.15, 0.2) is 0 Å². The van der Waals surface area contributed by atoms with E-state index in [9.17, 15) is 0 Å². The van der Waals surface area contributed by atoms with Gasteiger partial charge in [0.25, 0.3) is 0 Å². The molecule has 0 saturated heterocycles. The average molecular weight is 158 g/mol. The van der Waals surface area contributed by atoms with E-state index in [0.717, 1.165) is 10.6 Å². The normalized spacial score (nSPS) is 8.20. The van der Waals surface area contributed by atoms with E-state index in [0.29, 0.717) is 0 Å². The van der Waals surface area contributed by atoms with Crippen LogP contribution in [0.2, 0.25) is 0 Å². The zero-order chi connectivity index (χ0) is 6.69. The van der Waals surface area contributed by atoms with Crippen LogP contribution in [-0.4, -0.2) is 12.6 Å². The first-order chi connectivity index (χ1) is 4.33. The lowest BCUT2D eigenvalue weighted by molar-refractivity contribution is 0.413. The highest BCUT2D eigenvalue weighted by Gasteiger charge is 1.87. The Labute approximate surface area is 65.5 Å². The zero-order valence-corrected chi connectivity index (χ0v) is 6.56. The van der Waals surface area contributed by atoms with Crippen molar-refractivity contribution in [3.05, 3.63) is 24.3 Å². The fraction of sp³-hybridized carbons (Fsp3) is 0.143. The first kappa shape index (κ1) is 9.33. The third-order valence-corrected chi connectivity index (χ3v) is 1.33. The topological polar surface area (TPSA) is 40.7 Å². The van der Waals surface area contributed by atoms with E-state index >= 15 is 0 Å². The number of ether oxygens (including phenoxy) is 1. The molecule has 3 heteroatoms. The molecule has 0 aliphatic heterocycles. The maximum atomic E-state index is 4.95. The van der Waals surface area contributed by atoms with Gasteiger partial charge in [-0.3, -0.25) is 0 Å². The van der Waals surface area contributed by atoms with Gasteiger partial charge in [-0.1, -0.05) is 6.07 Å². The molecule has 1 rings (SSSR count). The SMILES string of the molecule is COc1cccc(S)c1.O. The summed E-state index contributed by atoms with van der Waals surface area (Å²) in [4.78, 5) is 0.925. The standard InChI is InChI=1S/C7H8OS.H2O/c1-8-6-3-2-4-7(9)5-6;/h2-5,9H,1H3;1H2. The Morgan fingerprint density at radius 2 is 2.10 bits per heavy atom. The molecule has 0 saturated carbocycles. The molecule has 0 heterocycles. The van der Waals surface area contributed by atoms with Gasteiger partial charge in [-0.05, 0) is 18.2 Å². The van der Waals surface area contributed by atoms with Crippen molar-refractivity contribution >= 4 is 12.6 Å². The van der Waals surface area contributed by atoms with Crippen LogP contribution in [0.1, 0.15) is 0 Å². The molecule has 2 nitrogen and oxygen atoms in total. The molecule has 0 radical (unpaired) electrons. The van der Waals surface area contributed by atoms with Crippen molar-refractivity contribution in [2.75, 3.05) is 7.11 Å². The summed E-state index contributed by atoms with van der Waals surface area (Å²) in [5.74, 6) is 0.850. The highest BCUT2D eigenvalue weighted by Crippen LogP contribution is 2.14. The lowest BCUT2D eigenvalue weighted by atomic mass is 10.3. The van der Waals surface area contributed by atoms with Gasteiger partial charge < -0.3 is 10.2 Å². The number of hydrogen-bond donors (Lipinski definition) is 1. The predicted molar refractivity (Wildman–Crippen MR) is 43.9 cm³/mol. The van der Waals surface area contributed by atoms with Crippen LogP contribution in [0.25, 0.3) is 0 Å². The number of rotatable bonds is 1. The van der Waals surface area contributed by atoms with Crippen LogP contribution in [0.5, 0.6) is 5.75 Å². The Bertz CT molecular complexity index is 201. The Hall–Kier alpha value is -0.670. The van der Waals surface area contributed by atoms with Gasteiger partial charge >= 0.3 is 0 Å². The molecule has 0 bridgehead atoms. The van der Waals surface area contributed by atoms with E-state index in [1.165, 1.54) is 0 Å². The Kier molecular flexibility index (Phi) is 3.91. The van der Waals surface area contributed by atoms with Crippen molar-refractivity contribution in [2.45, 2.75) is 4.90 Å². The molecular formula is C7H10O2S. The number of methoxy groups -OCH3 is 1. The molecule has 10 heavy (non-hydrogen) atoms. The summed E-state index contributed by atoms with van der Waals surface area (Å²) < 4.78 is 4.95. The van der Waals surface area contributed by atoms with Crippen LogP contribution in [0.3, 0.4) is 0 Å². The molecule has 1 aromatic rings. The minimum atomic E-state index is 0. The molecule has 0 aliphatic rings. The van der Waals surface area contributed by atoms with Crippen molar-refractivity contribution in [3.8, 4) is 5.75 Å². The third-order valence-electron chi connectivity index (χ3n) is 1.05. The molecule has 0 fully saturated rings. The summed E-state index contributed by atoms with van der Waals surface area (Å²) in [5.41, 5.74) is 0.